The van der Waals surface area contributed by atoms with Gasteiger partial charge in [-0.15, -0.1) is 0 Å². The van der Waals surface area contributed by atoms with E-state index in [0.29, 0.717) is 0 Å². The number of rotatable bonds is 5. The third-order valence-corrected chi connectivity index (χ3v) is 2.85. The zero-order valence-electron chi connectivity index (χ0n) is 9.76. The van der Waals surface area contributed by atoms with Crippen molar-refractivity contribution in [1.82, 2.24) is 4.90 Å². The van der Waals surface area contributed by atoms with Gasteiger partial charge in [0, 0.05) is 25.8 Å². The number of amides is 1. The van der Waals surface area contributed by atoms with Crippen LogP contribution in [0.4, 0.5) is 0 Å². The van der Waals surface area contributed by atoms with E-state index in [1.54, 1.807) is 0 Å². The Kier molecular flexibility index (Phi) is 4.62. The van der Waals surface area contributed by atoms with Crippen LogP contribution < -0.4 is 0 Å². The number of aliphatic hydroxyl groups is 1. The third kappa shape index (κ3) is 3.81. The lowest BCUT2D eigenvalue weighted by Crippen LogP contribution is -2.39. The molecule has 6 heteroatoms. The zero-order chi connectivity index (χ0) is 13.0. The lowest BCUT2D eigenvalue weighted by Gasteiger charge is -2.22. The van der Waals surface area contributed by atoms with Gasteiger partial charge < -0.3 is 15.1 Å². The molecule has 1 heterocycles. The molecule has 1 fully saturated rings. The summed E-state index contributed by atoms with van der Waals surface area (Å²) in [6.45, 7) is 1.55. The molecule has 2 unspecified atom stereocenters. The summed E-state index contributed by atoms with van der Waals surface area (Å²) < 4.78 is 0. The Balaban J connectivity index is 2.49. The van der Waals surface area contributed by atoms with E-state index < -0.39 is 18.1 Å². The number of ketones is 1. The first-order valence-corrected chi connectivity index (χ1v) is 5.61. The van der Waals surface area contributed by atoms with Gasteiger partial charge in [0.1, 0.15) is 0 Å². The van der Waals surface area contributed by atoms with E-state index in [2.05, 4.69) is 0 Å². The monoisotopic (exact) mass is 243 g/mol. The largest absolute Gasteiger partial charge is 0.481 e. The first-order valence-electron chi connectivity index (χ1n) is 5.61. The Morgan fingerprint density at radius 3 is 2.47 bits per heavy atom. The average molecular weight is 243 g/mol. The van der Waals surface area contributed by atoms with Crippen molar-refractivity contribution in [2.24, 2.45) is 0 Å². The molecule has 0 saturated carbocycles. The summed E-state index contributed by atoms with van der Waals surface area (Å²) in [4.78, 5) is 34.7. The van der Waals surface area contributed by atoms with Crippen molar-refractivity contribution in [3.8, 4) is 0 Å². The lowest BCUT2D eigenvalue weighted by molar-refractivity contribution is -0.139. The maximum absolute atomic E-state index is 11.8. The third-order valence-electron chi connectivity index (χ3n) is 2.85. The van der Waals surface area contributed by atoms with Gasteiger partial charge in [0.25, 0.3) is 0 Å². The highest BCUT2D eigenvalue weighted by Crippen LogP contribution is 2.20. The SMILES string of the molecule is CC(=O)C1CC(O)CN1C(=O)CCCC(=O)O. The van der Waals surface area contributed by atoms with E-state index in [1.165, 1.54) is 11.8 Å². The fourth-order valence-electron chi connectivity index (χ4n) is 2.01. The number of carboxylic acid groups (broad SMARTS) is 1. The van der Waals surface area contributed by atoms with Gasteiger partial charge >= 0.3 is 5.97 Å². The molecule has 0 bridgehead atoms. The van der Waals surface area contributed by atoms with Gasteiger partial charge in [-0.05, 0) is 13.3 Å². The highest BCUT2D eigenvalue weighted by molar-refractivity contribution is 5.88. The molecule has 6 nitrogen and oxygen atoms in total. The Morgan fingerprint density at radius 1 is 1.29 bits per heavy atom. The molecule has 0 aromatic carbocycles. The molecule has 0 aromatic rings. The van der Waals surface area contributed by atoms with Crippen LogP contribution in [-0.4, -0.2) is 51.5 Å². The van der Waals surface area contributed by atoms with Crippen LogP contribution in [0.1, 0.15) is 32.6 Å². The number of carbonyl (C=O) groups is 3. The van der Waals surface area contributed by atoms with Gasteiger partial charge in [-0.1, -0.05) is 0 Å². The molecule has 2 N–H and O–H groups in total. The number of carboxylic acids is 1. The number of β-amino-alcohol motifs (C(OH)–C–C–N with tert-alkyl or cyclic N) is 1. The molecular formula is C11H17NO5. The van der Waals surface area contributed by atoms with Crippen molar-refractivity contribution < 1.29 is 24.6 Å². The minimum Gasteiger partial charge on any atom is -0.481 e. The molecule has 1 saturated heterocycles. The lowest BCUT2D eigenvalue weighted by atomic mass is 10.1. The number of carbonyl (C=O) groups excluding carboxylic acids is 2. The molecular weight excluding hydrogens is 226 g/mol. The van der Waals surface area contributed by atoms with Crippen molar-refractivity contribution in [3.63, 3.8) is 0 Å². The summed E-state index contributed by atoms with van der Waals surface area (Å²) in [5.41, 5.74) is 0. The Bertz CT molecular complexity index is 328. The number of hydrogen-bond donors (Lipinski definition) is 2. The minimum absolute atomic E-state index is 0.0626. The fraction of sp³-hybridized carbons (Fsp3) is 0.727. The second-order valence-electron chi connectivity index (χ2n) is 4.31. The number of aliphatic carboxylic acids is 1. The molecule has 0 aromatic heterocycles. The molecule has 2 atom stereocenters. The number of aliphatic hydroxyl groups excluding tert-OH is 1. The fourth-order valence-corrected chi connectivity index (χ4v) is 2.01. The van der Waals surface area contributed by atoms with Crippen molar-refractivity contribution in [3.05, 3.63) is 0 Å². The highest BCUT2D eigenvalue weighted by atomic mass is 16.4. The molecule has 17 heavy (non-hydrogen) atoms. The van der Waals surface area contributed by atoms with E-state index in [4.69, 9.17) is 5.11 Å². The Labute approximate surface area is 99.2 Å². The maximum Gasteiger partial charge on any atom is 0.303 e. The second kappa shape index (κ2) is 5.77. The van der Waals surface area contributed by atoms with Gasteiger partial charge in [0.2, 0.25) is 5.91 Å². The molecule has 0 radical (unpaired) electrons. The summed E-state index contributed by atoms with van der Waals surface area (Å²) >= 11 is 0. The van der Waals surface area contributed by atoms with Crippen LogP contribution in [0.5, 0.6) is 0 Å². The van der Waals surface area contributed by atoms with E-state index in [9.17, 15) is 19.5 Å². The van der Waals surface area contributed by atoms with Crippen LogP contribution in [0.15, 0.2) is 0 Å². The summed E-state index contributed by atoms with van der Waals surface area (Å²) in [5, 5.41) is 17.9. The van der Waals surface area contributed by atoms with E-state index >= 15 is 0 Å². The van der Waals surface area contributed by atoms with Crippen LogP contribution >= 0.6 is 0 Å². The summed E-state index contributed by atoms with van der Waals surface area (Å²) in [7, 11) is 0. The van der Waals surface area contributed by atoms with Gasteiger partial charge in [-0.3, -0.25) is 14.4 Å². The smallest absolute Gasteiger partial charge is 0.303 e. The predicted octanol–water partition coefficient (Wildman–Crippen LogP) is -0.208. The minimum atomic E-state index is -0.942. The number of Topliss-reactive ketones (excluding diaryl/α,β-unsaturated/α-hetero) is 1. The molecule has 1 amide bonds. The average Bonchev–Trinajstić information content (AvgIpc) is 2.59. The maximum atomic E-state index is 11.8. The molecule has 0 aliphatic carbocycles. The first-order chi connectivity index (χ1) is 7.91. The summed E-state index contributed by atoms with van der Waals surface area (Å²) in [6.07, 6.45) is -0.0894. The van der Waals surface area contributed by atoms with Crippen LogP contribution in [0.25, 0.3) is 0 Å². The van der Waals surface area contributed by atoms with Gasteiger partial charge in [0.15, 0.2) is 5.78 Å². The van der Waals surface area contributed by atoms with Gasteiger partial charge in [-0.2, -0.15) is 0 Å². The van der Waals surface area contributed by atoms with Crippen LogP contribution in [-0.2, 0) is 14.4 Å². The number of hydrogen-bond acceptors (Lipinski definition) is 4. The van der Waals surface area contributed by atoms with Gasteiger partial charge in [0.05, 0.1) is 12.1 Å². The highest BCUT2D eigenvalue weighted by Gasteiger charge is 2.36. The van der Waals surface area contributed by atoms with Crippen LogP contribution in [0.2, 0.25) is 0 Å². The normalized spacial score (nSPS) is 23.8. The molecule has 1 aliphatic heterocycles. The number of likely N-dealkylation sites (tertiary alicyclic amines) is 1. The van der Waals surface area contributed by atoms with Gasteiger partial charge in [-0.25, -0.2) is 0 Å². The van der Waals surface area contributed by atoms with Crippen molar-refractivity contribution in [2.75, 3.05) is 6.54 Å². The van der Waals surface area contributed by atoms with E-state index in [0.717, 1.165) is 0 Å². The molecule has 0 spiro atoms. The van der Waals surface area contributed by atoms with Crippen LogP contribution in [0, 0.1) is 0 Å². The van der Waals surface area contributed by atoms with E-state index in [-0.39, 0.29) is 43.9 Å². The van der Waals surface area contributed by atoms with E-state index in [1.807, 2.05) is 0 Å². The zero-order valence-corrected chi connectivity index (χ0v) is 9.76. The number of nitrogens with zero attached hydrogens (tertiary/aromatic N) is 1. The van der Waals surface area contributed by atoms with Crippen LogP contribution in [0.3, 0.4) is 0 Å². The second-order valence-corrected chi connectivity index (χ2v) is 4.31. The quantitative estimate of drug-likeness (QED) is 0.696. The Morgan fingerprint density at radius 2 is 1.94 bits per heavy atom. The predicted molar refractivity (Wildman–Crippen MR) is 58.3 cm³/mol. The van der Waals surface area contributed by atoms with Crippen molar-refractivity contribution >= 4 is 17.7 Å². The molecule has 96 valence electrons. The van der Waals surface area contributed by atoms with Crippen molar-refractivity contribution in [2.45, 2.75) is 44.8 Å². The Hall–Kier alpha value is -1.43. The molecule has 1 aliphatic rings. The summed E-state index contributed by atoms with van der Waals surface area (Å²) in [5.74, 6) is -1.35. The standard InChI is InChI=1S/C11H17NO5/c1-7(13)9-5-8(14)6-12(9)10(15)3-2-4-11(16)17/h8-9,14H,2-6H2,1H3,(H,16,17). The summed E-state index contributed by atoms with van der Waals surface area (Å²) in [6, 6.07) is -0.553. The van der Waals surface area contributed by atoms with Crippen molar-refractivity contribution in [1.29, 1.82) is 0 Å². The first kappa shape index (κ1) is 13.6. The topological polar surface area (TPSA) is 94.9 Å². The molecule has 1 rings (SSSR count).